The highest BCUT2D eigenvalue weighted by Crippen LogP contribution is 2.37. The molecule has 3 aliphatic rings. The molecule has 2 N–H and O–H groups in total. The fraction of sp³-hybridized carbons (Fsp3) is 0.867. The topological polar surface area (TPSA) is 69.6 Å². The van der Waals surface area contributed by atoms with Crippen LogP contribution in [0.3, 0.4) is 0 Å². The minimum absolute atomic E-state index is 0.0236. The lowest BCUT2D eigenvalue weighted by atomic mass is 9.86. The van der Waals surface area contributed by atoms with Crippen LogP contribution in [0.15, 0.2) is 0 Å². The average Bonchev–Trinajstić information content (AvgIpc) is 2.99. The highest BCUT2D eigenvalue weighted by Gasteiger charge is 2.38. The van der Waals surface area contributed by atoms with E-state index in [2.05, 4.69) is 5.32 Å². The fourth-order valence-electron chi connectivity index (χ4n) is 4.21. The van der Waals surface area contributed by atoms with Gasteiger partial charge >= 0.3 is 12.0 Å². The van der Waals surface area contributed by atoms with Crippen LogP contribution in [0.5, 0.6) is 0 Å². The molecule has 0 bridgehead atoms. The maximum Gasteiger partial charge on any atom is 0.317 e. The molecule has 0 radical (unpaired) electrons. The van der Waals surface area contributed by atoms with E-state index < -0.39 is 5.97 Å². The van der Waals surface area contributed by atoms with Crippen molar-refractivity contribution < 1.29 is 14.7 Å². The zero-order valence-corrected chi connectivity index (χ0v) is 11.9. The Morgan fingerprint density at radius 2 is 1.65 bits per heavy atom. The molecule has 4 unspecified atom stereocenters. The van der Waals surface area contributed by atoms with E-state index in [9.17, 15) is 9.59 Å². The van der Waals surface area contributed by atoms with Crippen molar-refractivity contribution in [1.29, 1.82) is 0 Å². The maximum atomic E-state index is 12.3. The molecule has 0 spiro atoms. The number of carboxylic acids is 1. The van der Waals surface area contributed by atoms with Gasteiger partial charge in [-0.15, -0.1) is 0 Å². The van der Waals surface area contributed by atoms with Crippen LogP contribution in [-0.4, -0.2) is 41.1 Å². The second-order valence-electron chi connectivity index (χ2n) is 6.70. The predicted octanol–water partition coefficient (Wildman–Crippen LogP) is 2.07. The third kappa shape index (κ3) is 2.76. The van der Waals surface area contributed by atoms with Gasteiger partial charge < -0.3 is 15.3 Å². The summed E-state index contributed by atoms with van der Waals surface area (Å²) < 4.78 is 0. The number of aliphatic carboxylic acids is 1. The third-order valence-corrected chi connectivity index (χ3v) is 5.36. The van der Waals surface area contributed by atoms with Gasteiger partial charge in [0.25, 0.3) is 0 Å². The first-order valence-corrected chi connectivity index (χ1v) is 7.91. The molecule has 3 fully saturated rings. The summed E-state index contributed by atoms with van der Waals surface area (Å²) in [5.74, 6) is 0.407. The van der Waals surface area contributed by atoms with E-state index in [1.807, 2.05) is 4.90 Å². The van der Waals surface area contributed by atoms with Crippen LogP contribution in [0.4, 0.5) is 4.79 Å². The normalized spacial score (nSPS) is 36.7. The van der Waals surface area contributed by atoms with Crippen LogP contribution in [0, 0.1) is 17.8 Å². The Hall–Kier alpha value is -1.26. The smallest absolute Gasteiger partial charge is 0.317 e. The first kappa shape index (κ1) is 13.7. The predicted molar refractivity (Wildman–Crippen MR) is 74.3 cm³/mol. The molecule has 1 aliphatic heterocycles. The number of likely N-dealkylation sites (tertiary alicyclic amines) is 1. The molecule has 0 aromatic carbocycles. The number of nitrogens with zero attached hydrogens (tertiary/aromatic N) is 1. The highest BCUT2D eigenvalue weighted by molar-refractivity contribution is 5.75. The van der Waals surface area contributed by atoms with Crippen molar-refractivity contribution in [2.24, 2.45) is 17.8 Å². The van der Waals surface area contributed by atoms with Gasteiger partial charge in [-0.05, 0) is 43.9 Å². The van der Waals surface area contributed by atoms with Crippen LogP contribution < -0.4 is 5.32 Å². The molecule has 0 aromatic heterocycles. The summed E-state index contributed by atoms with van der Waals surface area (Å²) in [5, 5.41) is 12.1. The van der Waals surface area contributed by atoms with Crippen LogP contribution in [0.1, 0.15) is 44.9 Å². The summed E-state index contributed by atoms with van der Waals surface area (Å²) in [6.07, 6.45) is 6.98. The van der Waals surface area contributed by atoms with Crippen molar-refractivity contribution in [1.82, 2.24) is 10.2 Å². The molecule has 2 aliphatic carbocycles. The quantitative estimate of drug-likeness (QED) is 0.813. The first-order valence-electron chi connectivity index (χ1n) is 7.91. The molecule has 1 saturated heterocycles. The van der Waals surface area contributed by atoms with Gasteiger partial charge in [0, 0.05) is 19.1 Å². The van der Waals surface area contributed by atoms with Gasteiger partial charge in [0.1, 0.15) is 0 Å². The Kier molecular flexibility index (Phi) is 3.85. The molecule has 1 heterocycles. The second kappa shape index (κ2) is 5.62. The Bertz CT molecular complexity index is 387. The van der Waals surface area contributed by atoms with Crippen molar-refractivity contribution in [3.63, 3.8) is 0 Å². The molecular formula is C15H24N2O3. The number of hydrogen-bond donors (Lipinski definition) is 2. The van der Waals surface area contributed by atoms with Gasteiger partial charge in [-0.2, -0.15) is 0 Å². The minimum Gasteiger partial charge on any atom is -0.481 e. The van der Waals surface area contributed by atoms with E-state index in [4.69, 9.17) is 5.11 Å². The lowest BCUT2D eigenvalue weighted by Crippen LogP contribution is -2.46. The van der Waals surface area contributed by atoms with E-state index in [1.54, 1.807) is 0 Å². The number of carbonyl (C=O) groups excluding carboxylic acids is 1. The van der Waals surface area contributed by atoms with E-state index in [1.165, 1.54) is 19.3 Å². The SMILES string of the molecule is O=C(O)C1CCCC(NC(=O)N2CC3CCCC3C2)C1. The molecule has 0 aromatic rings. The van der Waals surface area contributed by atoms with Crippen molar-refractivity contribution in [2.75, 3.05) is 13.1 Å². The van der Waals surface area contributed by atoms with E-state index in [0.717, 1.165) is 32.4 Å². The fourth-order valence-corrected chi connectivity index (χ4v) is 4.21. The van der Waals surface area contributed by atoms with Crippen LogP contribution in [0.2, 0.25) is 0 Å². The van der Waals surface area contributed by atoms with Crippen LogP contribution in [-0.2, 0) is 4.79 Å². The van der Waals surface area contributed by atoms with Gasteiger partial charge in [-0.1, -0.05) is 12.8 Å². The summed E-state index contributed by atoms with van der Waals surface area (Å²) in [4.78, 5) is 25.3. The number of nitrogens with one attached hydrogen (secondary N) is 1. The van der Waals surface area contributed by atoms with E-state index >= 15 is 0 Å². The van der Waals surface area contributed by atoms with Crippen LogP contribution in [0.25, 0.3) is 0 Å². The highest BCUT2D eigenvalue weighted by atomic mass is 16.4. The summed E-state index contributed by atoms with van der Waals surface area (Å²) in [6, 6.07) is 0.0632. The van der Waals surface area contributed by atoms with Gasteiger partial charge in [0.2, 0.25) is 0 Å². The molecule has 112 valence electrons. The molecule has 2 saturated carbocycles. The Morgan fingerprint density at radius 1 is 1.00 bits per heavy atom. The molecular weight excluding hydrogens is 256 g/mol. The lowest BCUT2D eigenvalue weighted by Gasteiger charge is -2.29. The molecule has 3 rings (SSSR count). The number of hydrogen-bond acceptors (Lipinski definition) is 2. The van der Waals surface area contributed by atoms with Crippen molar-refractivity contribution >= 4 is 12.0 Å². The molecule has 2 amide bonds. The average molecular weight is 280 g/mol. The van der Waals surface area contributed by atoms with E-state index in [0.29, 0.717) is 18.3 Å². The largest absolute Gasteiger partial charge is 0.481 e. The first-order chi connectivity index (χ1) is 9.63. The molecule has 5 nitrogen and oxygen atoms in total. The number of carbonyl (C=O) groups is 2. The number of urea groups is 1. The zero-order valence-electron chi connectivity index (χ0n) is 11.9. The third-order valence-electron chi connectivity index (χ3n) is 5.36. The van der Waals surface area contributed by atoms with E-state index in [-0.39, 0.29) is 18.0 Å². The minimum atomic E-state index is -0.723. The van der Waals surface area contributed by atoms with Crippen molar-refractivity contribution in [2.45, 2.75) is 51.0 Å². The Labute approximate surface area is 119 Å². The Morgan fingerprint density at radius 3 is 2.30 bits per heavy atom. The number of carboxylic acid groups (broad SMARTS) is 1. The monoisotopic (exact) mass is 280 g/mol. The standard InChI is InChI=1S/C15H24N2O3/c18-14(19)10-3-2-6-13(7-10)16-15(20)17-8-11-4-1-5-12(11)9-17/h10-13H,1-9H2,(H,16,20)(H,18,19). The Balaban J connectivity index is 1.50. The van der Waals surface area contributed by atoms with Gasteiger partial charge in [-0.25, -0.2) is 4.79 Å². The summed E-state index contributed by atoms with van der Waals surface area (Å²) in [6.45, 7) is 1.79. The van der Waals surface area contributed by atoms with Crippen molar-refractivity contribution in [3.8, 4) is 0 Å². The number of fused-ring (bicyclic) bond motifs is 1. The molecule has 4 atom stereocenters. The lowest BCUT2D eigenvalue weighted by molar-refractivity contribution is -0.143. The van der Waals surface area contributed by atoms with Gasteiger partial charge in [0.15, 0.2) is 0 Å². The second-order valence-corrected chi connectivity index (χ2v) is 6.70. The summed E-state index contributed by atoms with van der Waals surface area (Å²) in [7, 11) is 0. The summed E-state index contributed by atoms with van der Waals surface area (Å²) in [5.41, 5.74) is 0. The number of rotatable bonds is 2. The van der Waals surface area contributed by atoms with Gasteiger partial charge in [0.05, 0.1) is 5.92 Å². The molecule has 5 heteroatoms. The maximum absolute atomic E-state index is 12.3. The van der Waals surface area contributed by atoms with Crippen molar-refractivity contribution in [3.05, 3.63) is 0 Å². The van der Waals surface area contributed by atoms with Gasteiger partial charge in [-0.3, -0.25) is 4.79 Å². The number of amides is 2. The zero-order chi connectivity index (χ0) is 14.1. The molecule has 20 heavy (non-hydrogen) atoms. The van der Waals surface area contributed by atoms with Crippen LogP contribution >= 0.6 is 0 Å². The summed E-state index contributed by atoms with van der Waals surface area (Å²) >= 11 is 0.